The Labute approximate surface area is 123 Å². The highest BCUT2D eigenvalue weighted by Crippen LogP contribution is 2.19. The molecule has 0 fully saturated rings. The number of amides is 1. The minimum absolute atomic E-state index is 0.155. The van der Waals surface area contributed by atoms with Crippen LogP contribution in [-0.4, -0.2) is 11.9 Å². The lowest BCUT2D eigenvalue weighted by Gasteiger charge is -2.08. The van der Waals surface area contributed by atoms with Gasteiger partial charge in [-0.2, -0.15) is 0 Å². The molecule has 0 radical (unpaired) electrons. The first-order valence-corrected chi connectivity index (χ1v) is 6.40. The molecule has 0 aliphatic rings. The molecule has 0 saturated carbocycles. The SMILES string of the molecule is C=C(C(=O)Oc1ccc(NC(C)=O)cc1)c1ccccc1. The van der Waals surface area contributed by atoms with E-state index in [0.29, 0.717) is 17.0 Å². The molecule has 0 aliphatic carbocycles. The fraction of sp³-hybridized carbons (Fsp3) is 0.0588. The van der Waals surface area contributed by atoms with Crippen molar-refractivity contribution in [1.29, 1.82) is 0 Å². The van der Waals surface area contributed by atoms with E-state index in [4.69, 9.17) is 4.74 Å². The lowest BCUT2D eigenvalue weighted by molar-refractivity contribution is -0.127. The van der Waals surface area contributed by atoms with Gasteiger partial charge in [0.15, 0.2) is 0 Å². The molecule has 1 N–H and O–H groups in total. The van der Waals surface area contributed by atoms with Crippen LogP contribution in [0.3, 0.4) is 0 Å². The summed E-state index contributed by atoms with van der Waals surface area (Å²) in [6, 6.07) is 15.7. The molecule has 2 aromatic carbocycles. The topological polar surface area (TPSA) is 55.4 Å². The van der Waals surface area contributed by atoms with Gasteiger partial charge in [-0.15, -0.1) is 0 Å². The highest BCUT2D eigenvalue weighted by Gasteiger charge is 2.11. The standard InChI is InChI=1S/C17H15NO3/c1-12(14-6-4-3-5-7-14)17(20)21-16-10-8-15(9-11-16)18-13(2)19/h3-11H,1H2,2H3,(H,18,19). The second kappa shape index (κ2) is 6.52. The Bertz CT molecular complexity index is 660. The molecule has 0 spiro atoms. The van der Waals surface area contributed by atoms with E-state index in [0.717, 1.165) is 5.56 Å². The van der Waals surface area contributed by atoms with Gasteiger partial charge in [-0.3, -0.25) is 4.79 Å². The Morgan fingerprint density at radius 2 is 1.62 bits per heavy atom. The van der Waals surface area contributed by atoms with Gasteiger partial charge >= 0.3 is 5.97 Å². The number of anilines is 1. The Balaban J connectivity index is 2.03. The summed E-state index contributed by atoms with van der Waals surface area (Å²) in [7, 11) is 0. The van der Waals surface area contributed by atoms with Crippen LogP contribution in [0.25, 0.3) is 5.57 Å². The van der Waals surface area contributed by atoms with Crippen LogP contribution in [0, 0.1) is 0 Å². The summed E-state index contributed by atoms with van der Waals surface area (Å²) in [6.45, 7) is 5.17. The number of hydrogen-bond donors (Lipinski definition) is 1. The first-order valence-electron chi connectivity index (χ1n) is 6.40. The summed E-state index contributed by atoms with van der Waals surface area (Å²) in [5, 5.41) is 2.64. The Hall–Kier alpha value is -2.88. The molecule has 1 amide bonds. The van der Waals surface area contributed by atoms with Gasteiger partial charge in [-0.25, -0.2) is 4.79 Å². The number of carbonyl (C=O) groups is 2. The number of hydrogen-bond acceptors (Lipinski definition) is 3. The molecule has 0 aromatic heterocycles. The maximum atomic E-state index is 12.0. The third kappa shape index (κ3) is 4.04. The smallest absolute Gasteiger partial charge is 0.343 e. The van der Waals surface area contributed by atoms with E-state index < -0.39 is 5.97 Å². The van der Waals surface area contributed by atoms with Crippen LogP contribution in [0.5, 0.6) is 5.75 Å². The average molecular weight is 281 g/mol. The number of ether oxygens (including phenoxy) is 1. The van der Waals surface area contributed by atoms with Crippen molar-refractivity contribution in [2.45, 2.75) is 6.92 Å². The number of nitrogens with one attached hydrogen (secondary N) is 1. The zero-order valence-corrected chi connectivity index (χ0v) is 11.6. The first kappa shape index (κ1) is 14.5. The van der Waals surface area contributed by atoms with Crippen LogP contribution >= 0.6 is 0 Å². The fourth-order valence-electron chi connectivity index (χ4n) is 1.74. The summed E-state index contributed by atoms with van der Waals surface area (Å²) >= 11 is 0. The second-order valence-corrected chi connectivity index (χ2v) is 4.44. The Morgan fingerprint density at radius 1 is 1.00 bits per heavy atom. The molecule has 4 nitrogen and oxygen atoms in total. The number of carbonyl (C=O) groups excluding carboxylic acids is 2. The van der Waals surface area contributed by atoms with E-state index in [1.54, 1.807) is 36.4 Å². The normalized spacial score (nSPS) is 9.76. The van der Waals surface area contributed by atoms with Gasteiger partial charge < -0.3 is 10.1 Å². The molecule has 0 atom stereocenters. The van der Waals surface area contributed by atoms with Crippen LogP contribution in [0.1, 0.15) is 12.5 Å². The maximum Gasteiger partial charge on any atom is 0.343 e. The molecule has 0 saturated heterocycles. The summed E-state index contributed by atoms with van der Waals surface area (Å²) in [4.78, 5) is 22.9. The first-order chi connectivity index (χ1) is 10.1. The quantitative estimate of drug-likeness (QED) is 0.531. The van der Waals surface area contributed by atoms with Gasteiger partial charge in [-0.05, 0) is 29.8 Å². The van der Waals surface area contributed by atoms with Crippen molar-refractivity contribution in [3.8, 4) is 5.75 Å². The zero-order valence-electron chi connectivity index (χ0n) is 11.6. The third-order valence-electron chi connectivity index (χ3n) is 2.75. The summed E-state index contributed by atoms with van der Waals surface area (Å²) in [5.74, 6) is -0.267. The van der Waals surface area contributed by atoms with Gasteiger partial charge in [0.1, 0.15) is 5.75 Å². The molecule has 0 bridgehead atoms. The maximum absolute atomic E-state index is 12.0. The van der Waals surface area contributed by atoms with E-state index in [1.807, 2.05) is 18.2 Å². The van der Waals surface area contributed by atoms with Crippen molar-refractivity contribution < 1.29 is 14.3 Å². The third-order valence-corrected chi connectivity index (χ3v) is 2.75. The molecule has 2 aromatic rings. The number of benzene rings is 2. The minimum Gasteiger partial charge on any atom is -0.423 e. The van der Waals surface area contributed by atoms with Crippen LogP contribution in [0.4, 0.5) is 5.69 Å². The van der Waals surface area contributed by atoms with Gasteiger partial charge in [0.2, 0.25) is 5.91 Å². The van der Waals surface area contributed by atoms with E-state index in [-0.39, 0.29) is 5.91 Å². The van der Waals surface area contributed by atoms with E-state index in [2.05, 4.69) is 11.9 Å². The van der Waals surface area contributed by atoms with Crippen molar-refractivity contribution in [3.05, 3.63) is 66.7 Å². The molecule has 0 heterocycles. The number of rotatable bonds is 4. The van der Waals surface area contributed by atoms with Crippen molar-refractivity contribution >= 4 is 23.1 Å². The summed E-state index contributed by atoms with van der Waals surface area (Å²) in [5.41, 5.74) is 1.66. The number of esters is 1. The second-order valence-electron chi connectivity index (χ2n) is 4.44. The van der Waals surface area contributed by atoms with E-state index >= 15 is 0 Å². The molecular weight excluding hydrogens is 266 g/mol. The largest absolute Gasteiger partial charge is 0.423 e. The van der Waals surface area contributed by atoms with Gasteiger partial charge in [0.05, 0.1) is 5.57 Å². The Kier molecular flexibility index (Phi) is 4.51. The molecule has 0 unspecified atom stereocenters. The monoisotopic (exact) mass is 281 g/mol. The Morgan fingerprint density at radius 3 is 2.19 bits per heavy atom. The predicted molar refractivity (Wildman–Crippen MR) is 81.9 cm³/mol. The van der Waals surface area contributed by atoms with Crippen LogP contribution in [0.15, 0.2) is 61.2 Å². The highest BCUT2D eigenvalue weighted by molar-refractivity contribution is 6.16. The predicted octanol–water partition coefficient (Wildman–Crippen LogP) is 3.26. The van der Waals surface area contributed by atoms with E-state index in [9.17, 15) is 9.59 Å². The minimum atomic E-state index is -0.506. The molecular formula is C17H15NO3. The lowest BCUT2D eigenvalue weighted by atomic mass is 10.1. The molecule has 106 valence electrons. The molecule has 2 rings (SSSR count). The summed E-state index contributed by atoms with van der Waals surface area (Å²) in [6.07, 6.45) is 0. The molecule has 4 heteroatoms. The van der Waals surface area contributed by atoms with Crippen LogP contribution < -0.4 is 10.1 Å². The lowest BCUT2D eigenvalue weighted by Crippen LogP contribution is -2.10. The van der Waals surface area contributed by atoms with Crippen LogP contribution in [-0.2, 0) is 9.59 Å². The molecule has 21 heavy (non-hydrogen) atoms. The highest BCUT2D eigenvalue weighted by atomic mass is 16.5. The fourth-order valence-corrected chi connectivity index (χ4v) is 1.74. The molecule has 0 aliphatic heterocycles. The van der Waals surface area contributed by atoms with E-state index in [1.165, 1.54) is 6.92 Å². The van der Waals surface area contributed by atoms with Crippen molar-refractivity contribution in [3.63, 3.8) is 0 Å². The zero-order chi connectivity index (χ0) is 15.2. The summed E-state index contributed by atoms with van der Waals surface area (Å²) < 4.78 is 5.24. The van der Waals surface area contributed by atoms with Crippen molar-refractivity contribution in [2.75, 3.05) is 5.32 Å². The van der Waals surface area contributed by atoms with Gasteiger partial charge in [-0.1, -0.05) is 36.9 Å². The van der Waals surface area contributed by atoms with Gasteiger partial charge in [0, 0.05) is 12.6 Å². The average Bonchev–Trinajstić information content (AvgIpc) is 2.49. The van der Waals surface area contributed by atoms with Crippen LogP contribution in [0.2, 0.25) is 0 Å². The van der Waals surface area contributed by atoms with Crippen molar-refractivity contribution in [2.24, 2.45) is 0 Å². The van der Waals surface area contributed by atoms with Gasteiger partial charge in [0.25, 0.3) is 0 Å². The van der Waals surface area contributed by atoms with Crippen molar-refractivity contribution in [1.82, 2.24) is 0 Å².